The Morgan fingerprint density at radius 3 is 2.81 bits per heavy atom. The average molecular weight is 353 g/mol. The van der Waals surface area contributed by atoms with Crippen LogP contribution in [0.25, 0.3) is 0 Å². The Balaban J connectivity index is 2.22. The molecule has 2 amide bonds. The van der Waals surface area contributed by atoms with E-state index in [0.29, 0.717) is 18.7 Å². The molecule has 0 spiro atoms. The van der Waals surface area contributed by atoms with E-state index < -0.39 is 0 Å². The predicted octanol–water partition coefficient (Wildman–Crippen LogP) is 2.92. The first-order valence-electron chi connectivity index (χ1n) is 7.36. The van der Waals surface area contributed by atoms with Gasteiger partial charge in [0.25, 0.3) is 5.91 Å². The molecule has 1 atom stereocenters. The van der Waals surface area contributed by atoms with Crippen molar-refractivity contribution < 1.29 is 9.59 Å². The normalized spacial score (nSPS) is 19.0. The third kappa shape index (κ3) is 3.64. The minimum absolute atomic E-state index is 0.0537. The van der Waals surface area contributed by atoms with Crippen LogP contribution >= 0.6 is 15.9 Å². The molecule has 1 fully saturated rings. The van der Waals surface area contributed by atoms with Crippen LogP contribution in [0.4, 0.5) is 0 Å². The average Bonchev–Trinajstić information content (AvgIpc) is 2.48. The van der Waals surface area contributed by atoms with Gasteiger partial charge in [0.15, 0.2) is 0 Å². The van der Waals surface area contributed by atoms with E-state index in [1.807, 2.05) is 25.2 Å². The molecule has 1 heterocycles. The summed E-state index contributed by atoms with van der Waals surface area (Å²) in [6.45, 7) is 3.29. The molecule has 0 saturated carbocycles. The number of halogens is 1. The maximum atomic E-state index is 12.7. The lowest BCUT2D eigenvalue weighted by Crippen LogP contribution is -2.57. The molecule has 4 nitrogen and oxygen atoms in total. The van der Waals surface area contributed by atoms with Crippen molar-refractivity contribution in [2.24, 2.45) is 0 Å². The van der Waals surface area contributed by atoms with Gasteiger partial charge in [-0.1, -0.05) is 41.8 Å². The zero-order chi connectivity index (χ0) is 15.4. The second-order valence-electron chi connectivity index (χ2n) is 5.43. The third-order valence-electron chi connectivity index (χ3n) is 3.88. The van der Waals surface area contributed by atoms with E-state index in [4.69, 9.17) is 0 Å². The number of unbranched alkanes of at least 4 members (excludes halogenated alkanes) is 1. The minimum Gasteiger partial charge on any atom is -0.342 e. The van der Waals surface area contributed by atoms with Gasteiger partial charge in [0, 0.05) is 30.2 Å². The Morgan fingerprint density at radius 1 is 1.38 bits per heavy atom. The summed E-state index contributed by atoms with van der Waals surface area (Å²) in [7, 11) is 1.81. The van der Waals surface area contributed by atoms with Crippen LogP contribution in [0.2, 0.25) is 0 Å². The highest BCUT2D eigenvalue weighted by atomic mass is 79.9. The maximum Gasteiger partial charge on any atom is 0.254 e. The largest absolute Gasteiger partial charge is 0.342 e. The number of carbonyl (C=O) groups excluding carboxylic acids is 2. The second-order valence-corrected chi connectivity index (χ2v) is 6.34. The maximum absolute atomic E-state index is 12.7. The van der Waals surface area contributed by atoms with Crippen LogP contribution in [-0.4, -0.2) is 47.8 Å². The van der Waals surface area contributed by atoms with Crippen LogP contribution in [-0.2, 0) is 4.79 Å². The highest BCUT2D eigenvalue weighted by Crippen LogP contribution is 2.20. The fourth-order valence-electron chi connectivity index (χ4n) is 2.62. The summed E-state index contributed by atoms with van der Waals surface area (Å²) in [5, 5.41) is 0. The number of hydrogen-bond donors (Lipinski definition) is 0. The molecule has 114 valence electrons. The van der Waals surface area contributed by atoms with Gasteiger partial charge in [-0.25, -0.2) is 0 Å². The lowest BCUT2D eigenvalue weighted by Gasteiger charge is -2.39. The smallest absolute Gasteiger partial charge is 0.254 e. The van der Waals surface area contributed by atoms with Crippen LogP contribution < -0.4 is 0 Å². The van der Waals surface area contributed by atoms with Gasteiger partial charge in [-0.2, -0.15) is 0 Å². The number of piperazine rings is 1. The van der Waals surface area contributed by atoms with Gasteiger partial charge >= 0.3 is 0 Å². The highest BCUT2D eigenvalue weighted by molar-refractivity contribution is 9.10. The summed E-state index contributed by atoms with van der Waals surface area (Å²) in [5.41, 5.74) is 0.628. The van der Waals surface area contributed by atoms with Crippen LogP contribution in [0.1, 0.15) is 36.5 Å². The van der Waals surface area contributed by atoms with Crippen molar-refractivity contribution in [3.8, 4) is 0 Å². The molecule has 0 N–H and O–H groups in total. The number of benzene rings is 1. The lowest BCUT2D eigenvalue weighted by atomic mass is 10.0. The van der Waals surface area contributed by atoms with E-state index in [0.717, 1.165) is 23.7 Å². The molecule has 1 aliphatic heterocycles. The fraction of sp³-hybridized carbons (Fsp3) is 0.500. The van der Waals surface area contributed by atoms with Crippen LogP contribution in [0.3, 0.4) is 0 Å². The number of likely N-dealkylation sites (N-methyl/N-ethyl adjacent to an activating group) is 1. The Hall–Kier alpha value is -1.36. The van der Waals surface area contributed by atoms with Crippen molar-refractivity contribution in [3.63, 3.8) is 0 Å². The van der Waals surface area contributed by atoms with E-state index in [1.165, 1.54) is 0 Å². The van der Waals surface area contributed by atoms with Gasteiger partial charge in [-0.3, -0.25) is 9.59 Å². The van der Waals surface area contributed by atoms with Gasteiger partial charge in [0.1, 0.15) is 6.04 Å². The SMILES string of the molecule is CCCC[C@@H]1C(=O)N(C)CCN1C(=O)c1cccc(Br)c1. The van der Waals surface area contributed by atoms with E-state index in [1.54, 1.807) is 15.9 Å². The summed E-state index contributed by atoms with van der Waals surface area (Å²) in [5.74, 6) is -0.00287. The number of hydrogen-bond acceptors (Lipinski definition) is 2. The van der Waals surface area contributed by atoms with E-state index in [9.17, 15) is 9.59 Å². The molecule has 0 bridgehead atoms. The first kappa shape index (κ1) is 16.0. The highest BCUT2D eigenvalue weighted by Gasteiger charge is 2.35. The first-order chi connectivity index (χ1) is 10.0. The van der Waals surface area contributed by atoms with E-state index >= 15 is 0 Å². The molecule has 0 aliphatic carbocycles. The number of amides is 2. The quantitative estimate of drug-likeness (QED) is 0.835. The summed E-state index contributed by atoms with van der Waals surface area (Å²) in [6.07, 6.45) is 2.71. The Bertz CT molecular complexity index is 533. The Labute approximate surface area is 134 Å². The van der Waals surface area contributed by atoms with Crippen molar-refractivity contribution in [1.82, 2.24) is 9.80 Å². The Kier molecular flexibility index (Phi) is 5.39. The van der Waals surface area contributed by atoms with Gasteiger partial charge in [0.2, 0.25) is 5.91 Å². The molecule has 0 radical (unpaired) electrons. The molecule has 0 unspecified atom stereocenters. The van der Waals surface area contributed by atoms with Gasteiger partial charge in [-0.05, 0) is 24.6 Å². The molecule has 21 heavy (non-hydrogen) atoms. The molecule has 2 rings (SSSR count). The fourth-order valence-corrected chi connectivity index (χ4v) is 3.02. The van der Waals surface area contributed by atoms with Crippen LogP contribution in [0, 0.1) is 0 Å². The summed E-state index contributed by atoms with van der Waals surface area (Å²) < 4.78 is 0.874. The number of nitrogens with zero attached hydrogens (tertiary/aromatic N) is 2. The number of rotatable bonds is 4. The summed E-state index contributed by atoms with van der Waals surface area (Å²) in [4.78, 5) is 28.5. The third-order valence-corrected chi connectivity index (χ3v) is 4.37. The van der Waals surface area contributed by atoms with Gasteiger partial charge in [-0.15, -0.1) is 0 Å². The van der Waals surface area contributed by atoms with E-state index in [2.05, 4.69) is 22.9 Å². The topological polar surface area (TPSA) is 40.6 Å². The zero-order valence-corrected chi connectivity index (χ0v) is 14.1. The molecule has 0 aromatic heterocycles. The van der Waals surface area contributed by atoms with Crippen molar-refractivity contribution in [2.45, 2.75) is 32.2 Å². The van der Waals surface area contributed by atoms with Gasteiger partial charge in [0.05, 0.1) is 0 Å². The molecule has 1 aromatic carbocycles. The molecular weight excluding hydrogens is 332 g/mol. The lowest BCUT2D eigenvalue weighted by molar-refractivity contribution is -0.138. The van der Waals surface area contributed by atoms with Crippen molar-refractivity contribution in [2.75, 3.05) is 20.1 Å². The standard InChI is InChI=1S/C16H21BrN2O2/c1-3-4-8-14-16(21)18(2)9-10-19(14)15(20)12-6-5-7-13(17)11-12/h5-7,11,14H,3-4,8-10H2,1-2H3/t14-/m1/s1. The predicted molar refractivity (Wildman–Crippen MR) is 86.1 cm³/mol. The van der Waals surface area contributed by atoms with Crippen LogP contribution in [0.15, 0.2) is 28.7 Å². The second kappa shape index (κ2) is 7.07. The van der Waals surface area contributed by atoms with E-state index in [-0.39, 0.29) is 17.9 Å². The summed E-state index contributed by atoms with van der Waals surface area (Å²) in [6, 6.07) is 7.01. The molecule has 1 saturated heterocycles. The molecular formula is C16H21BrN2O2. The number of carbonyl (C=O) groups is 2. The summed E-state index contributed by atoms with van der Waals surface area (Å²) >= 11 is 3.39. The van der Waals surface area contributed by atoms with Crippen molar-refractivity contribution in [3.05, 3.63) is 34.3 Å². The first-order valence-corrected chi connectivity index (χ1v) is 8.15. The molecule has 5 heteroatoms. The molecule has 1 aliphatic rings. The zero-order valence-electron chi connectivity index (χ0n) is 12.5. The van der Waals surface area contributed by atoms with Crippen molar-refractivity contribution >= 4 is 27.7 Å². The van der Waals surface area contributed by atoms with Crippen molar-refractivity contribution in [1.29, 1.82) is 0 Å². The monoisotopic (exact) mass is 352 g/mol. The Morgan fingerprint density at radius 2 is 2.14 bits per heavy atom. The van der Waals surface area contributed by atoms with Gasteiger partial charge < -0.3 is 9.80 Å². The minimum atomic E-state index is -0.324. The van der Waals surface area contributed by atoms with Crippen LogP contribution in [0.5, 0.6) is 0 Å². The molecule has 1 aromatic rings.